The summed E-state index contributed by atoms with van der Waals surface area (Å²) in [7, 11) is 4.10. The van der Waals surface area contributed by atoms with E-state index in [0.717, 1.165) is 0 Å². The molecule has 132 valence electrons. The third-order valence-electron chi connectivity index (χ3n) is 4.84. The summed E-state index contributed by atoms with van der Waals surface area (Å²) in [4.78, 5) is 16.6. The van der Waals surface area contributed by atoms with Crippen LogP contribution in [0.2, 0.25) is 0 Å². The van der Waals surface area contributed by atoms with Crippen LogP contribution in [0.4, 0.5) is 14.9 Å². The topological polar surface area (TPSA) is 35.6 Å². The number of carbonyl (C=O) groups excluding carboxylic acids is 1. The van der Waals surface area contributed by atoms with Gasteiger partial charge >= 0.3 is 6.03 Å². The lowest BCUT2D eigenvalue weighted by Gasteiger charge is -2.25. The monoisotopic (exact) mass is 341 g/mol. The predicted octanol–water partition coefficient (Wildman–Crippen LogP) is 3.70. The van der Waals surface area contributed by atoms with Gasteiger partial charge in [-0.25, -0.2) is 9.18 Å². The van der Waals surface area contributed by atoms with Crippen LogP contribution in [0.25, 0.3) is 0 Å². The standard InChI is InChI=1S/C20H24FN3O/c1-14-4-6-15(7-5-14)18-12-24(13-19(18)23(2)3)20(25)22-17-10-8-16(21)9-11-17/h4-11,18-19H,12-13H2,1-3H3,(H,22,25). The maximum atomic E-state index is 13.0. The molecule has 1 aliphatic rings. The van der Waals surface area contributed by atoms with Gasteiger partial charge in [0.2, 0.25) is 0 Å². The van der Waals surface area contributed by atoms with Crippen molar-refractivity contribution in [2.75, 3.05) is 32.5 Å². The number of nitrogens with zero attached hydrogens (tertiary/aromatic N) is 2. The Hall–Kier alpha value is -2.40. The molecular weight excluding hydrogens is 317 g/mol. The van der Waals surface area contributed by atoms with Gasteiger partial charge < -0.3 is 15.1 Å². The minimum atomic E-state index is -0.314. The maximum absolute atomic E-state index is 13.0. The summed E-state index contributed by atoms with van der Waals surface area (Å²) in [5.41, 5.74) is 3.09. The normalized spacial score (nSPS) is 20.1. The number of anilines is 1. The van der Waals surface area contributed by atoms with Gasteiger partial charge in [0, 0.05) is 30.7 Å². The highest BCUT2D eigenvalue weighted by atomic mass is 19.1. The number of carbonyl (C=O) groups is 1. The summed E-state index contributed by atoms with van der Waals surface area (Å²) in [6, 6.07) is 14.5. The number of aryl methyl sites for hydroxylation is 1. The quantitative estimate of drug-likeness (QED) is 0.924. The molecule has 0 saturated carbocycles. The number of hydrogen-bond acceptors (Lipinski definition) is 2. The number of nitrogens with one attached hydrogen (secondary N) is 1. The number of amides is 2. The number of benzene rings is 2. The van der Waals surface area contributed by atoms with E-state index in [1.54, 1.807) is 12.1 Å². The highest BCUT2D eigenvalue weighted by molar-refractivity contribution is 5.89. The molecule has 4 nitrogen and oxygen atoms in total. The Balaban J connectivity index is 1.73. The Morgan fingerprint density at radius 1 is 1.08 bits per heavy atom. The van der Waals surface area contributed by atoms with E-state index >= 15 is 0 Å². The minimum absolute atomic E-state index is 0.145. The Morgan fingerprint density at radius 2 is 1.72 bits per heavy atom. The fourth-order valence-corrected chi connectivity index (χ4v) is 3.35. The predicted molar refractivity (Wildman–Crippen MR) is 98.4 cm³/mol. The summed E-state index contributed by atoms with van der Waals surface area (Å²) >= 11 is 0. The molecule has 2 aromatic carbocycles. The fourth-order valence-electron chi connectivity index (χ4n) is 3.35. The molecule has 1 fully saturated rings. The molecule has 0 aliphatic carbocycles. The van der Waals surface area contributed by atoms with E-state index in [2.05, 4.69) is 41.4 Å². The number of hydrogen-bond donors (Lipinski definition) is 1. The lowest BCUT2D eigenvalue weighted by Crippen LogP contribution is -2.37. The first kappa shape index (κ1) is 17.4. The minimum Gasteiger partial charge on any atom is -0.322 e. The molecule has 0 bridgehead atoms. The third kappa shape index (κ3) is 3.99. The number of rotatable bonds is 3. The zero-order chi connectivity index (χ0) is 18.0. The Morgan fingerprint density at radius 3 is 2.32 bits per heavy atom. The van der Waals surface area contributed by atoms with E-state index in [0.29, 0.717) is 18.8 Å². The second-order valence-corrected chi connectivity index (χ2v) is 6.89. The van der Waals surface area contributed by atoms with E-state index in [1.165, 1.54) is 23.3 Å². The molecule has 2 amide bonds. The summed E-state index contributed by atoms with van der Waals surface area (Å²) in [5.74, 6) is -0.0409. The summed E-state index contributed by atoms with van der Waals surface area (Å²) in [6.45, 7) is 3.40. The molecule has 2 atom stereocenters. The molecule has 0 aromatic heterocycles. The molecule has 2 aromatic rings. The van der Waals surface area contributed by atoms with Gasteiger partial charge in [0.1, 0.15) is 5.82 Å². The van der Waals surface area contributed by atoms with Crippen molar-refractivity contribution in [3.8, 4) is 0 Å². The average Bonchev–Trinajstić information content (AvgIpc) is 3.03. The van der Waals surface area contributed by atoms with Gasteiger partial charge in [-0.2, -0.15) is 0 Å². The van der Waals surface area contributed by atoms with Gasteiger partial charge in [0.15, 0.2) is 0 Å². The van der Waals surface area contributed by atoms with Crippen LogP contribution in [0, 0.1) is 12.7 Å². The van der Waals surface area contributed by atoms with Crippen LogP contribution in [-0.4, -0.2) is 49.1 Å². The average molecular weight is 341 g/mol. The van der Waals surface area contributed by atoms with Gasteiger partial charge in [-0.05, 0) is 50.8 Å². The van der Waals surface area contributed by atoms with Crippen LogP contribution < -0.4 is 5.32 Å². The first-order chi connectivity index (χ1) is 11.9. The number of likely N-dealkylation sites (N-methyl/N-ethyl adjacent to an activating group) is 1. The number of halogens is 1. The summed E-state index contributed by atoms with van der Waals surface area (Å²) < 4.78 is 13.0. The highest BCUT2D eigenvalue weighted by Crippen LogP contribution is 2.30. The van der Waals surface area contributed by atoms with Crippen LogP contribution in [0.15, 0.2) is 48.5 Å². The number of urea groups is 1. The molecule has 1 saturated heterocycles. The molecule has 0 radical (unpaired) electrons. The van der Waals surface area contributed by atoms with Crippen molar-refractivity contribution in [3.63, 3.8) is 0 Å². The van der Waals surface area contributed by atoms with Crippen molar-refractivity contribution in [1.82, 2.24) is 9.80 Å². The molecule has 3 rings (SSSR count). The first-order valence-corrected chi connectivity index (χ1v) is 8.48. The molecule has 1 aliphatic heterocycles. The molecule has 25 heavy (non-hydrogen) atoms. The van der Waals surface area contributed by atoms with Crippen molar-refractivity contribution in [2.45, 2.75) is 18.9 Å². The van der Waals surface area contributed by atoms with Crippen molar-refractivity contribution >= 4 is 11.7 Å². The van der Waals surface area contributed by atoms with Crippen LogP contribution in [-0.2, 0) is 0 Å². The molecule has 0 spiro atoms. The SMILES string of the molecule is Cc1ccc(C2CN(C(=O)Nc3ccc(F)cc3)CC2N(C)C)cc1. The second kappa shape index (κ2) is 7.23. The van der Waals surface area contributed by atoms with Gasteiger partial charge in [-0.15, -0.1) is 0 Å². The first-order valence-electron chi connectivity index (χ1n) is 8.48. The Bertz CT molecular complexity index is 728. The molecule has 5 heteroatoms. The molecular formula is C20H24FN3O. The van der Waals surface area contributed by atoms with Crippen LogP contribution in [0.3, 0.4) is 0 Å². The van der Waals surface area contributed by atoms with E-state index in [1.807, 2.05) is 19.0 Å². The third-order valence-corrected chi connectivity index (χ3v) is 4.84. The summed E-state index contributed by atoms with van der Waals surface area (Å²) in [5, 5.41) is 2.85. The van der Waals surface area contributed by atoms with Crippen LogP contribution in [0.1, 0.15) is 17.0 Å². The van der Waals surface area contributed by atoms with Crippen molar-refractivity contribution < 1.29 is 9.18 Å². The van der Waals surface area contributed by atoms with Gasteiger partial charge in [-0.3, -0.25) is 0 Å². The smallest absolute Gasteiger partial charge is 0.321 e. The van der Waals surface area contributed by atoms with Crippen molar-refractivity contribution in [1.29, 1.82) is 0 Å². The molecule has 1 heterocycles. The number of likely N-dealkylation sites (tertiary alicyclic amines) is 1. The van der Waals surface area contributed by atoms with Crippen molar-refractivity contribution in [2.24, 2.45) is 0 Å². The van der Waals surface area contributed by atoms with E-state index < -0.39 is 0 Å². The van der Waals surface area contributed by atoms with Gasteiger partial charge in [0.25, 0.3) is 0 Å². The van der Waals surface area contributed by atoms with E-state index in [4.69, 9.17) is 0 Å². The fraction of sp³-hybridized carbons (Fsp3) is 0.350. The lowest BCUT2D eigenvalue weighted by atomic mass is 9.93. The van der Waals surface area contributed by atoms with E-state index in [-0.39, 0.29) is 23.8 Å². The second-order valence-electron chi connectivity index (χ2n) is 6.89. The van der Waals surface area contributed by atoms with Gasteiger partial charge in [-0.1, -0.05) is 29.8 Å². The van der Waals surface area contributed by atoms with Gasteiger partial charge in [0.05, 0.1) is 0 Å². The maximum Gasteiger partial charge on any atom is 0.321 e. The molecule has 1 N–H and O–H groups in total. The van der Waals surface area contributed by atoms with Crippen LogP contribution in [0.5, 0.6) is 0 Å². The van der Waals surface area contributed by atoms with Crippen LogP contribution >= 0.6 is 0 Å². The Labute approximate surface area is 148 Å². The van der Waals surface area contributed by atoms with Crippen molar-refractivity contribution in [3.05, 3.63) is 65.5 Å². The Kier molecular flexibility index (Phi) is 5.04. The lowest BCUT2D eigenvalue weighted by molar-refractivity contribution is 0.216. The highest BCUT2D eigenvalue weighted by Gasteiger charge is 2.37. The van der Waals surface area contributed by atoms with E-state index in [9.17, 15) is 9.18 Å². The molecule has 2 unspecified atom stereocenters. The zero-order valence-electron chi connectivity index (χ0n) is 14.9. The summed E-state index contributed by atoms with van der Waals surface area (Å²) in [6.07, 6.45) is 0. The zero-order valence-corrected chi connectivity index (χ0v) is 14.9. The largest absolute Gasteiger partial charge is 0.322 e.